The molecule has 5 N–H and O–H groups in total. The molecule has 4 amide bonds. The molecule has 1 aromatic carbocycles. The molecule has 16 heteroatoms. The lowest BCUT2D eigenvalue weighted by Crippen LogP contribution is -2.59. The minimum atomic E-state index is -1.51. The van der Waals surface area contributed by atoms with E-state index in [1.54, 1.807) is 6.07 Å². The summed E-state index contributed by atoms with van der Waals surface area (Å²) in [5, 5.41) is 23.9. The molecule has 4 rings (SSSR count). The summed E-state index contributed by atoms with van der Waals surface area (Å²) in [7, 11) is -1.51. The number of piperazine rings is 1. The third-order valence-corrected chi connectivity index (χ3v) is 6.94. The number of nitrogen functional groups attached to an aromatic ring is 1. The summed E-state index contributed by atoms with van der Waals surface area (Å²) in [6.45, 7) is -1.38. The van der Waals surface area contributed by atoms with Crippen LogP contribution in [0.15, 0.2) is 23.6 Å². The van der Waals surface area contributed by atoms with Crippen LogP contribution < -0.4 is 15.7 Å². The average Bonchev–Trinajstić information content (AvgIpc) is 3.31. The van der Waals surface area contributed by atoms with Gasteiger partial charge >= 0.3 is 30.9 Å². The lowest BCUT2D eigenvalue weighted by molar-refractivity contribution is -0.153. The van der Waals surface area contributed by atoms with Crippen LogP contribution in [0.1, 0.15) is 34.1 Å². The van der Waals surface area contributed by atoms with Crippen molar-refractivity contribution < 1.29 is 43.1 Å². The molecule has 200 valence electrons. The van der Waals surface area contributed by atoms with Gasteiger partial charge in [0.1, 0.15) is 18.5 Å². The third kappa shape index (κ3) is 5.45. The van der Waals surface area contributed by atoms with Gasteiger partial charge in [0, 0.05) is 37.3 Å². The maximum atomic E-state index is 13.4. The van der Waals surface area contributed by atoms with Gasteiger partial charge in [0.25, 0.3) is 0 Å². The van der Waals surface area contributed by atoms with Crippen LogP contribution >= 0.6 is 11.3 Å². The second kappa shape index (κ2) is 11.1. The van der Waals surface area contributed by atoms with Crippen LogP contribution in [0, 0.1) is 0 Å². The van der Waals surface area contributed by atoms with Crippen LogP contribution in [-0.2, 0) is 20.8 Å². The summed E-state index contributed by atoms with van der Waals surface area (Å²) < 4.78 is 18.1. The number of alkyl halides is 1. The largest absolute Gasteiger partial charge is 0.535 e. The van der Waals surface area contributed by atoms with E-state index in [0.717, 1.165) is 16.2 Å². The maximum Gasteiger partial charge on any atom is 0.526 e. The average molecular weight is 547 g/mol. The van der Waals surface area contributed by atoms with E-state index in [1.807, 2.05) is 0 Å². The molecule has 1 aromatic heterocycles. The van der Waals surface area contributed by atoms with Crippen molar-refractivity contribution in [2.24, 2.45) is 0 Å². The number of amides is 4. The number of aromatic nitrogens is 1. The molecule has 38 heavy (non-hydrogen) atoms. The highest BCUT2D eigenvalue weighted by Gasteiger charge is 2.41. The molecule has 0 saturated carbocycles. The Labute approximate surface area is 219 Å². The Morgan fingerprint density at radius 2 is 2.05 bits per heavy atom. The first-order valence-corrected chi connectivity index (χ1v) is 12.4. The summed E-state index contributed by atoms with van der Waals surface area (Å²) >= 11 is 1.02. The first-order chi connectivity index (χ1) is 18.1. The van der Waals surface area contributed by atoms with Crippen molar-refractivity contribution in [1.29, 1.82) is 0 Å². The number of hydrogen-bond acceptors (Lipinski definition) is 10. The van der Waals surface area contributed by atoms with E-state index in [9.17, 15) is 38.5 Å². The molecule has 13 nitrogen and oxygen atoms in total. The van der Waals surface area contributed by atoms with Gasteiger partial charge in [-0.25, -0.2) is 19.0 Å². The summed E-state index contributed by atoms with van der Waals surface area (Å²) in [4.78, 5) is 68.1. The number of carbonyl (C=O) groups excluding carboxylic acids is 4. The van der Waals surface area contributed by atoms with Crippen LogP contribution in [0.4, 0.5) is 14.3 Å². The Hall–Kier alpha value is -4.05. The zero-order valence-electron chi connectivity index (χ0n) is 19.8. The van der Waals surface area contributed by atoms with Gasteiger partial charge < -0.3 is 30.7 Å². The van der Waals surface area contributed by atoms with E-state index in [-0.39, 0.29) is 54.6 Å². The fourth-order valence-corrected chi connectivity index (χ4v) is 4.93. The lowest BCUT2D eigenvalue weighted by Gasteiger charge is -2.33. The number of nitrogens with zero attached hydrogens (tertiary/aromatic N) is 3. The predicted molar refractivity (Wildman–Crippen MR) is 131 cm³/mol. The molecule has 1 unspecified atom stereocenters. The molecule has 0 radical (unpaired) electrons. The fraction of sp³-hybridized carbons (Fsp3) is 0.364. The Kier molecular flexibility index (Phi) is 7.92. The number of aromatic carboxylic acids is 1. The molecule has 2 atom stereocenters. The number of urea groups is 1. The zero-order chi connectivity index (χ0) is 27.6. The number of carbonyl (C=O) groups is 5. The van der Waals surface area contributed by atoms with Crippen molar-refractivity contribution >= 4 is 53.2 Å². The molecule has 0 aliphatic carbocycles. The summed E-state index contributed by atoms with van der Waals surface area (Å²) in [5.74, 6) is -4.79. The van der Waals surface area contributed by atoms with Crippen molar-refractivity contribution in [3.05, 3.63) is 40.4 Å². The first kappa shape index (κ1) is 27.0. The van der Waals surface area contributed by atoms with Crippen LogP contribution in [0.2, 0.25) is 5.82 Å². The topological polar surface area (TPSA) is 192 Å². The Balaban J connectivity index is 1.51. The Bertz CT molecular complexity index is 1290. The highest BCUT2D eigenvalue weighted by molar-refractivity contribution is 7.13. The van der Waals surface area contributed by atoms with E-state index in [4.69, 9.17) is 10.4 Å². The van der Waals surface area contributed by atoms with Gasteiger partial charge in [0.15, 0.2) is 10.9 Å². The van der Waals surface area contributed by atoms with Crippen LogP contribution in [0.5, 0.6) is 5.75 Å². The molecule has 0 bridgehead atoms. The van der Waals surface area contributed by atoms with Gasteiger partial charge in [-0.2, -0.15) is 0 Å². The number of fused-ring (bicyclic) bond motifs is 1. The molecule has 2 aromatic rings. The van der Waals surface area contributed by atoms with Gasteiger partial charge in [-0.1, -0.05) is 12.1 Å². The predicted octanol–water partition coefficient (Wildman–Crippen LogP) is 0.259. The van der Waals surface area contributed by atoms with E-state index < -0.39 is 55.3 Å². The van der Waals surface area contributed by atoms with Gasteiger partial charge in [0.05, 0.1) is 11.3 Å². The fourth-order valence-electron chi connectivity index (χ4n) is 4.34. The third-order valence-electron chi connectivity index (χ3n) is 6.25. The number of nitrogens with one attached hydrogen (secondary N) is 1. The Morgan fingerprint density at radius 3 is 2.71 bits per heavy atom. The molecule has 3 heterocycles. The quantitative estimate of drug-likeness (QED) is 0.263. The second-order valence-electron chi connectivity index (χ2n) is 8.67. The molecule has 1 fully saturated rings. The number of halogens is 1. The molecular weight excluding hydrogens is 524 g/mol. The second-order valence-corrected chi connectivity index (χ2v) is 9.56. The number of benzene rings is 1. The molecular formula is C22H23BFN5O8S. The van der Waals surface area contributed by atoms with Gasteiger partial charge in [-0.3, -0.25) is 19.3 Å². The maximum absolute atomic E-state index is 13.4. The number of imide groups is 1. The number of nitrogens with two attached hydrogens (primary N) is 1. The number of anilines is 1. The van der Waals surface area contributed by atoms with Crippen LogP contribution in [0.3, 0.4) is 0 Å². The van der Waals surface area contributed by atoms with Gasteiger partial charge in [-0.15, -0.1) is 11.3 Å². The minimum Gasteiger partial charge on any atom is -0.535 e. The van der Waals surface area contributed by atoms with Gasteiger partial charge in [-0.05, 0) is 18.1 Å². The van der Waals surface area contributed by atoms with Crippen molar-refractivity contribution in [3.63, 3.8) is 0 Å². The van der Waals surface area contributed by atoms with Crippen molar-refractivity contribution in [3.8, 4) is 5.75 Å². The number of carboxylic acid groups (broad SMARTS) is 1. The normalized spacial score (nSPS) is 18.1. The number of hydrogen-bond donors (Lipinski definition) is 4. The molecule has 2 aliphatic heterocycles. The number of Topliss-reactive ketones (excluding diaryl/α,β-unsaturated/α-hetero) is 1. The van der Waals surface area contributed by atoms with E-state index >= 15 is 0 Å². The van der Waals surface area contributed by atoms with E-state index in [1.165, 1.54) is 17.5 Å². The zero-order valence-corrected chi connectivity index (χ0v) is 20.6. The monoisotopic (exact) mass is 547 g/mol. The SMILES string of the molecule is Nc1nc(C(NC(=O)N2CCN(CCF)C(=O)C2=O)C(=O)C[C@H]2Cc3cccc(C(=O)O)c3OB2O)cs1. The highest BCUT2D eigenvalue weighted by Crippen LogP contribution is 2.37. The number of thiazole rings is 1. The molecule has 1 saturated heterocycles. The number of rotatable bonds is 8. The minimum absolute atomic E-state index is 0.0170. The first-order valence-electron chi connectivity index (χ1n) is 11.5. The smallest absolute Gasteiger partial charge is 0.526 e. The highest BCUT2D eigenvalue weighted by atomic mass is 32.1. The number of para-hydroxylation sites is 1. The summed E-state index contributed by atoms with van der Waals surface area (Å²) in [5.41, 5.74) is 6.16. The summed E-state index contributed by atoms with van der Waals surface area (Å²) in [6.07, 6.45) is -0.190. The van der Waals surface area contributed by atoms with Gasteiger partial charge in [0.2, 0.25) is 0 Å². The van der Waals surface area contributed by atoms with E-state index in [2.05, 4.69) is 10.3 Å². The lowest BCUT2D eigenvalue weighted by atomic mass is 9.64. The summed E-state index contributed by atoms with van der Waals surface area (Å²) in [6, 6.07) is 2.08. The van der Waals surface area contributed by atoms with Crippen molar-refractivity contribution in [2.75, 3.05) is 32.0 Å². The van der Waals surface area contributed by atoms with E-state index in [0.29, 0.717) is 10.5 Å². The Morgan fingerprint density at radius 1 is 1.29 bits per heavy atom. The van der Waals surface area contributed by atoms with Crippen molar-refractivity contribution in [1.82, 2.24) is 20.1 Å². The van der Waals surface area contributed by atoms with Crippen molar-refractivity contribution in [2.45, 2.75) is 24.7 Å². The number of carboxylic acids is 1. The van der Waals surface area contributed by atoms with Crippen LogP contribution in [-0.4, -0.2) is 87.9 Å². The number of ketones is 1. The van der Waals surface area contributed by atoms with Crippen LogP contribution in [0.25, 0.3) is 0 Å². The molecule has 0 spiro atoms. The standard InChI is InChI=1S/C22H23BFN5O8S/c24-4-5-28-6-7-29(19(32)18(28)31)22(35)27-16(14-10-38-21(25)26-14)15(30)9-12-8-11-2-1-3-13(20(33)34)17(11)37-23(12)36/h1-3,10,12,16,36H,4-9H2,(H2,25,26)(H,27,35)(H,33,34)/t12-,16?/m1/s1. The molecule has 2 aliphatic rings.